The molecule has 1 aliphatic heterocycles. The Kier molecular flexibility index (Phi) is 6.15. The summed E-state index contributed by atoms with van der Waals surface area (Å²) in [7, 11) is 0. The van der Waals surface area contributed by atoms with Gasteiger partial charge in [-0.2, -0.15) is 0 Å². The van der Waals surface area contributed by atoms with E-state index in [1.165, 1.54) is 16.7 Å². The molecule has 2 unspecified atom stereocenters. The molecule has 1 aliphatic rings. The fraction of sp³-hybridized carbons (Fsp3) is 0.240. The highest BCUT2D eigenvalue weighted by molar-refractivity contribution is 5.87. The molecule has 3 aromatic carbocycles. The molecule has 28 heavy (non-hydrogen) atoms. The van der Waals surface area contributed by atoms with E-state index in [2.05, 4.69) is 95.4 Å². The summed E-state index contributed by atoms with van der Waals surface area (Å²) < 4.78 is 0. The molecule has 0 aliphatic carbocycles. The number of benzene rings is 3. The van der Waals surface area contributed by atoms with Crippen molar-refractivity contribution in [1.82, 2.24) is 5.32 Å². The second-order valence-electron chi connectivity index (χ2n) is 7.33. The largest absolute Gasteiger partial charge is 0.390 e. The number of hydrogen-bond donors (Lipinski definition) is 1. The summed E-state index contributed by atoms with van der Waals surface area (Å²) in [5, 5.41) is 8.12. The van der Waals surface area contributed by atoms with Crippen LogP contribution < -0.4 is 5.32 Å². The number of nitrogens with zero attached hydrogens (tertiary/aromatic N) is 1. The molecule has 0 saturated heterocycles. The minimum absolute atomic E-state index is 0.0580. The highest BCUT2D eigenvalue weighted by Gasteiger charge is 2.29. The van der Waals surface area contributed by atoms with E-state index in [9.17, 15) is 0 Å². The zero-order chi connectivity index (χ0) is 19.0. The summed E-state index contributed by atoms with van der Waals surface area (Å²) in [6.45, 7) is 0.826. The zero-order valence-corrected chi connectivity index (χ0v) is 16.0. The SMILES string of the molecule is c1ccc(CNC(Cc2ccccc2)C2CC(Cc3ccccc3)=NO2)cc1. The molecule has 0 saturated carbocycles. The van der Waals surface area contributed by atoms with Gasteiger partial charge in [0, 0.05) is 19.4 Å². The Morgan fingerprint density at radius 1 is 0.786 bits per heavy atom. The molecular weight excluding hydrogens is 344 g/mol. The van der Waals surface area contributed by atoms with Crippen LogP contribution in [0.25, 0.3) is 0 Å². The summed E-state index contributed by atoms with van der Waals surface area (Å²) in [4.78, 5) is 5.89. The monoisotopic (exact) mass is 370 g/mol. The van der Waals surface area contributed by atoms with Gasteiger partial charge < -0.3 is 10.2 Å². The quantitative estimate of drug-likeness (QED) is 0.619. The van der Waals surface area contributed by atoms with Gasteiger partial charge in [-0.1, -0.05) is 96.2 Å². The minimum Gasteiger partial charge on any atom is -0.390 e. The fourth-order valence-electron chi connectivity index (χ4n) is 3.65. The summed E-state index contributed by atoms with van der Waals surface area (Å²) in [6.07, 6.45) is 2.71. The van der Waals surface area contributed by atoms with Gasteiger partial charge in [-0.3, -0.25) is 0 Å². The summed E-state index contributed by atoms with van der Waals surface area (Å²) >= 11 is 0. The van der Waals surface area contributed by atoms with Crippen LogP contribution in [0.1, 0.15) is 23.1 Å². The van der Waals surface area contributed by atoms with E-state index >= 15 is 0 Å². The summed E-state index contributed by atoms with van der Waals surface area (Å²) in [6, 6.07) is 31.8. The molecule has 0 bridgehead atoms. The van der Waals surface area contributed by atoms with Crippen molar-refractivity contribution in [2.24, 2.45) is 5.16 Å². The van der Waals surface area contributed by atoms with Gasteiger partial charge in [0.2, 0.25) is 0 Å². The molecule has 2 atom stereocenters. The first kappa shape index (κ1) is 18.5. The second kappa shape index (κ2) is 9.34. The molecule has 1 N–H and O–H groups in total. The van der Waals surface area contributed by atoms with Crippen molar-refractivity contribution < 1.29 is 4.84 Å². The van der Waals surface area contributed by atoms with Gasteiger partial charge in [0.05, 0.1) is 11.8 Å². The van der Waals surface area contributed by atoms with Gasteiger partial charge >= 0.3 is 0 Å². The van der Waals surface area contributed by atoms with E-state index in [1.54, 1.807) is 0 Å². The van der Waals surface area contributed by atoms with Gasteiger partial charge in [0.25, 0.3) is 0 Å². The van der Waals surface area contributed by atoms with Crippen LogP contribution in [0.15, 0.2) is 96.2 Å². The first-order valence-corrected chi connectivity index (χ1v) is 9.93. The number of oxime groups is 1. The molecule has 4 rings (SSSR count). The molecule has 0 spiro atoms. The third-order valence-electron chi connectivity index (χ3n) is 5.16. The van der Waals surface area contributed by atoms with Gasteiger partial charge in [-0.15, -0.1) is 0 Å². The van der Waals surface area contributed by atoms with Crippen molar-refractivity contribution in [3.05, 3.63) is 108 Å². The van der Waals surface area contributed by atoms with Crippen LogP contribution in [0.5, 0.6) is 0 Å². The lowest BCUT2D eigenvalue weighted by Gasteiger charge is -2.23. The fourth-order valence-corrected chi connectivity index (χ4v) is 3.65. The van der Waals surface area contributed by atoms with Gasteiger partial charge in [0.15, 0.2) is 0 Å². The molecule has 0 aromatic heterocycles. The Morgan fingerprint density at radius 2 is 1.36 bits per heavy atom. The highest BCUT2D eigenvalue weighted by atomic mass is 16.6. The smallest absolute Gasteiger partial charge is 0.148 e. The predicted octanol–water partition coefficient (Wildman–Crippen LogP) is 4.78. The van der Waals surface area contributed by atoms with Gasteiger partial charge in [-0.25, -0.2) is 0 Å². The van der Waals surface area contributed by atoms with E-state index in [0.717, 1.165) is 31.5 Å². The van der Waals surface area contributed by atoms with Crippen LogP contribution in [0, 0.1) is 0 Å². The zero-order valence-electron chi connectivity index (χ0n) is 16.0. The van der Waals surface area contributed by atoms with Gasteiger partial charge in [0.1, 0.15) is 6.10 Å². The first-order chi connectivity index (χ1) is 13.9. The second-order valence-corrected chi connectivity index (χ2v) is 7.33. The molecule has 0 radical (unpaired) electrons. The Balaban J connectivity index is 1.41. The van der Waals surface area contributed by atoms with Crippen molar-refractivity contribution in [1.29, 1.82) is 0 Å². The lowest BCUT2D eigenvalue weighted by Crippen LogP contribution is -2.41. The Bertz CT molecular complexity index is 878. The summed E-state index contributed by atoms with van der Waals surface area (Å²) in [5.74, 6) is 0. The van der Waals surface area contributed by atoms with E-state index in [1.807, 2.05) is 6.07 Å². The van der Waals surface area contributed by atoms with Crippen molar-refractivity contribution in [3.8, 4) is 0 Å². The number of rotatable bonds is 8. The van der Waals surface area contributed by atoms with Crippen molar-refractivity contribution in [2.45, 2.75) is 38.0 Å². The summed E-state index contributed by atoms with van der Waals surface area (Å²) in [5.41, 5.74) is 5.00. The van der Waals surface area contributed by atoms with Crippen LogP contribution in [0.3, 0.4) is 0 Å². The molecule has 142 valence electrons. The molecular formula is C25H26N2O. The van der Waals surface area contributed by atoms with Crippen LogP contribution in [-0.2, 0) is 24.2 Å². The molecule has 3 heteroatoms. The predicted molar refractivity (Wildman–Crippen MR) is 114 cm³/mol. The van der Waals surface area contributed by atoms with E-state index < -0.39 is 0 Å². The maximum Gasteiger partial charge on any atom is 0.148 e. The van der Waals surface area contributed by atoms with Crippen LogP contribution in [0.2, 0.25) is 0 Å². The normalized spacial score (nSPS) is 17.0. The maximum absolute atomic E-state index is 5.89. The van der Waals surface area contributed by atoms with Gasteiger partial charge in [-0.05, 0) is 23.1 Å². The molecule has 0 fully saturated rings. The topological polar surface area (TPSA) is 33.6 Å². The van der Waals surface area contributed by atoms with Crippen molar-refractivity contribution in [3.63, 3.8) is 0 Å². The first-order valence-electron chi connectivity index (χ1n) is 9.93. The minimum atomic E-state index is 0.0580. The van der Waals surface area contributed by atoms with E-state index in [-0.39, 0.29) is 12.1 Å². The Hall–Kier alpha value is -2.91. The maximum atomic E-state index is 5.89. The van der Waals surface area contributed by atoms with E-state index in [4.69, 9.17) is 4.84 Å². The standard InChI is InChI=1S/C25H26N2O/c1-4-10-20(11-5-1)16-23-18-25(28-27-23)24(17-21-12-6-2-7-13-21)26-19-22-14-8-3-9-15-22/h1-15,24-26H,16-19H2. The average Bonchev–Trinajstić information content (AvgIpc) is 3.22. The lowest BCUT2D eigenvalue weighted by atomic mass is 9.96. The van der Waals surface area contributed by atoms with Crippen molar-refractivity contribution in [2.75, 3.05) is 0 Å². The van der Waals surface area contributed by atoms with Crippen LogP contribution >= 0.6 is 0 Å². The van der Waals surface area contributed by atoms with Crippen LogP contribution in [-0.4, -0.2) is 17.9 Å². The molecule has 3 aromatic rings. The Morgan fingerprint density at radius 3 is 2.00 bits per heavy atom. The number of hydrogen-bond acceptors (Lipinski definition) is 3. The third kappa shape index (κ3) is 5.08. The molecule has 0 amide bonds. The molecule has 3 nitrogen and oxygen atoms in total. The molecule has 1 heterocycles. The number of nitrogens with one attached hydrogen (secondary N) is 1. The van der Waals surface area contributed by atoms with E-state index in [0.29, 0.717) is 0 Å². The third-order valence-corrected chi connectivity index (χ3v) is 5.16. The Labute approximate surface area is 167 Å². The highest BCUT2D eigenvalue weighted by Crippen LogP contribution is 2.20. The average molecular weight is 370 g/mol. The van der Waals surface area contributed by atoms with Crippen LogP contribution in [0.4, 0.5) is 0 Å². The van der Waals surface area contributed by atoms with Crippen molar-refractivity contribution >= 4 is 5.71 Å². The lowest BCUT2D eigenvalue weighted by molar-refractivity contribution is 0.0546.